The van der Waals surface area contributed by atoms with E-state index in [1.54, 1.807) is 18.2 Å². The first-order chi connectivity index (χ1) is 15.9. The Kier molecular flexibility index (Phi) is 7.06. The van der Waals surface area contributed by atoms with Crippen LogP contribution in [0.4, 0.5) is 5.95 Å². The fourth-order valence-electron chi connectivity index (χ4n) is 4.09. The Morgan fingerprint density at radius 1 is 1.18 bits per heavy atom. The van der Waals surface area contributed by atoms with Crippen LogP contribution in [0, 0.1) is 6.92 Å². The third kappa shape index (κ3) is 5.23. The number of nitrogens with one attached hydrogen (secondary N) is 1. The van der Waals surface area contributed by atoms with Crippen molar-refractivity contribution >= 4 is 28.0 Å². The van der Waals surface area contributed by atoms with Gasteiger partial charge in [0.25, 0.3) is 5.91 Å². The molecule has 2 aliphatic rings. The van der Waals surface area contributed by atoms with Crippen LogP contribution >= 0.6 is 0 Å². The highest BCUT2D eigenvalue weighted by Gasteiger charge is 2.29. The standard InChI is InChI=1S/C23H28N4O5S/c1-16-18-5-3-4-6-19(18)25-23(24-16)26-22(28)10-8-17-7-9-20(31-2)21(15-17)33(29,30)27-11-13-32-14-12-27/h7-10,15H,3-6,11-14H2,1-2H3,(H,24,25,26,28)/b10-8+. The Labute approximate surface area is 193 Å². The molecule has 1 saturated heterocycles. The van der Waals surface area contributed by atoms with E-state index in [1.165, 1.54) is 29.1 Å². The molecule has 33 heavy (non-hydrogen) atoms. The van der Waals surface area contributed by atoms with Gasteiger partial charge >= 0.3 is 0 Å². The van der Waals surface area contributed by atoms with E-state index in [2.05, 4.69) is 15.3 Å². The number of sulfonamides is 1. The maximum atomic E-state index is 13.1. The van der Waals surface area contributed by atoms with Gasteiger partial charge in [-0.25, -0.2) is 18.4 Å². The van der Waals surface area contributed by atoms with Crippen molar-refractivity contribution in [2.75, 3.05) is 38.7 Å². The lowest BCUT2D eigenvalue weighted by Crippen LogP contribution is -2.40. The number of carbonyl (C=O) groups excluding carboxylic acids is 1. The van der Waals surface area contributed by atoms with Crippen LogP contribution in [0.1, 0.15) is 35.4 Å². The van der Waals surface area contributed by atoms with E-state index >= 15 is 0 Å². The van der Waals surface area contributed by atoms with Crippen LogP contribution in [0.5, 0.6) is 5.75 Å². The number of carbonyl (C=O) groups is 1. The zero-order valence-electron chi connectivity index (χ0n) is 18.8. The van der Waals surface area contributed by atoms with Gasteiger partial charge in [-0.1, -0.05) is 6.07 Å². The van der Waals surface area contributed by atoms with Crippen LogP contribution in [0.25, 0.3) is 6.08 Å². The minimum absolute atomic E-state index is 0.0584. The molecule has 0 radical (unpaired) electrons. The fourth-order valence-corrected chi connectivity index (χ4v) is 5.68. The minimum atomic E-state index is -3.75. The molecule has 2 heterocycles. The molecule has 4 rings (SSSR count). The van der Waals surface area contributed by atoms with Crippen LogP contribution in [0.3, 0.4) is 0 Å². The summed E-state index contributed by atoms with van der Waals surface area (Å²) in [5.74, 6) is 0.146. The van der Waals surface area contributed by atoms with Gasteiger partial charge in [0.05, 0.1) is 20.3 Å². The highest BCUT2D eigenvalue weighted by Crippen LogP contribution is 2.29. The molecule has 176 valence electrons. The number of amides is 1. The van der Waals surface area contributed by atoms with E-state index in [4.69, 9.17) is 9.47 Å². The molecule has 2 aromatic rings. The van der Waals surface area contributed by atoms with E-state index < -0.39 is 15.9 Å². The van der Waals surface area contributed by atoms with Crippen molar-refractivity contribution in [2.45, 2.75) is 37.5 Å². The number of ether oxygens (including phenoxy) is 2. The van der Waals surface area contributed by atoms with E-state index in [1.807, 2.05) is 6.92 Å². The molecule has 9 nitrogen and oxygen atoms in total. The molecule has 0 atom stereocenters. The summed E-state index contributed by atoms with van der Waals surface area (Å²) >= 11 is 0. The van der Waals surface area contributed by atoms with Crippen molar-refractivity contribution < 1.29 is 22.7 Å². The van der Waals surface area contributed by atoms with Crippen molar-refractivity contribution in [3.05, 3.63) is 46.8 Å². The first-order valence-corrected chi connectivity index (χ1v) is 12.4. The van der Waals surface area contributed by atoms with Gasteiger partial charge in [-0.05, 0) is 61.9 Å². The average molecular weight is 473 g/mol. The Bertz CT molecular complexity index is 1170. The molecule has 1 fully saturated rings. The van der Waals surface area contributed by atoms with Crippen LogP contribution in [-0.2, 0) is 32.4 Å². The van der Waals surface area contributed by atoms with Crippen LogP contribution < -0.4 is 10.1 Å². The normalized spacial score (nSPS) is 17.0. The SMILES string of the molecule is COc1ccc(/C=C/C(=O)Nc2nc(C)c3c(n2)CCCC3)cc1S(=O)(=O)N1CCOCC1. The van der Waals surface area contributed by atoms with Crippen LogP contribution in [0.15, 0.2) is 29.2 Å². The number of benzene rings is 1. The van der Waals surface area contributed by atoms with Crippen LogP contribution in [-0.4, -0.2) is 62.0 Å². The summed E-state index contributed by atoms with van der Waals surface area (Å²) in [5.41, 5.74) is 3.63. The number of fused-ring (bicyclic) bond motifs is 1. The second-order valence-electron chi connectivity index (χ2n) is 8.01. The van der Waals surface area contributed by atoms with Gasteiger partial charge in [-0.3, -0.25) is 10.1 Å². The van der Waals surface area contributed by atoms with E-state index in [0.29, 0.717) is 18.8 Å². The Balaban J connectivity index is 1.52. The molecule has 1 aromatic carbocycles. The molecule has 0 saturated carbocycles. The maximum Gasteiger partial charge on any atom is 0.250 e. The monoisotopic (exact) mass is 472 g/mol. The van der Waals surface area contributed by atoms with Gasteiger partial charge in [-0.2, -0.15) is 4.31 Å². The van der Waals surface area contributed by atoms with E-state index in [9.17, 15) is 13.2 Å². The number of hydrogen-bond donors (Lipinski definition) is 1. The number of anilines is 1. The molecular formula is C23H28N4O5S. The van der Waals surface area contributed by atoms with Crippen molar-refractivity contribution in [2.24, 2.45) is 0 Å². The van der Waals surface area contributed by atoms with Gasteiger partial charge in [0.2, 0.25) is 16.0 Å². The van der Waals surface area contributed by atoms with Crippen molar-refractivity contribution in [1.29, 1.82) is 0 Å². The summed E-state index contributed by atoms with van der Waals surface area (Å²) < 4.78 is 38.2. The molecule has 10 heteroatoms. The summed E-state index contributed by atoms with van der Waals surface area (Å²) in [6.07, 6.45) is 6.98. The lowest BCUT2D eigenvalue weighted by Gasteiger charge is -2.26. The largest absolute Gasteiger partial charge is 0.495 e. The predicted molar refractivity (Wildman–Crippen MR) is 124 cm³/mol. The maximum absolute atomic E-state index is 13.1. The highest BCUT2D eigenvalue weighted by atomic mass is 32.2. The summed E-state index contributed by atoms with van der Waals surface area (Å²) in [6.45, 7) is 3.21. The third-order valence-corrected chi connectivity index (χ3v) is 7.75. The lowest BCUT2D eigenvalue weighted by atomic mass is 9.95. The van der Waals surface area contributed by atoms with Crippen LogP contribution in [0.2, 0.25) is 0 Å². The first kappa shape index (κ1) is 23.3. The second-order valence-corrected chi connectivity index (χ2v) is 9.92. The number of aryl methyl sites for hydroxylation is 2. The van der Waals surface area contributed by atoms with Gasteiger partial charge in [0.15, 0.2) is 0 Å². The Morgan fingerprint density at radius 2 is 1.94 bits per heavy atom. The average Bonchev–Trinajstić information content (AvgIpc) is 2.83. The van der Waals surface area contributed by atoms with Gasteiger partial charge in [-0.15, -0.1) is 0 Å². The molecule has 0 unspecified atom stereocenters. The molecule has 0 bridgehead atoms. The molecule has 1 aromatic heterocycles. The number of methoxy groups -OCH3 is 1. The van der Waals surface area contributed by atoms with E-state index in [-0.39, 0.29) is 29.7 Å². The Hall–Kier alpha value is -2.82. The summed E-state index contributed by atoms with van der Waals surface area (Å²) in [4.78, 5) is 21.4. The lowest BCUT2D eigenvalue weighted by molar-refractivity contribution is -0.111. The quantitative estimate of drug-likeness (QED) is 0.643. The number of aromatic nitrogens is 2. The summed E-state index contributed by atoms with van der Waals surface area (Å²) in [7, 11) is -2.33. The Morgan fingerprint density at radius 3 is 2.70 bits per heavy atom. The second kappa shape index (κ2) is 9.98. The number of rotatable bonds is 6. The number of hydrogen-bond acceptors (Lipinski definition) is 7. The predicted octanol–water partition coefficient (Wildman–Crippen LogP) is 2.35. The zero-order valence-corrected chi connectivity index (χ0v) is 19.7. The molecule has 1 N–H and O–H groups in total. The first-order valence-electron chi connectivity index (χ1n) is 11.0. The molecule has 1 amide bonds. The molecular weight excluding hydrogens is 444 g/mol. The third-order valence-electron chi connectivity index (χ3n) is 5.83. The van der Waals surface area contributed by atoms with Crippen molar-refractivity contribution in [3.63, 3.8) is 0 Å². The fraction of sp³-hybridized carbons (Fsp3) is 0.435. The molecule has 1 aliphatic heterocycles. The highest BCUT2D eigenvalue weighted by molar-refractivity contribution is 7.89. The van der Waals surface area contributed by atoms with Gasteiger partial charge in [0, 0.05) is 30.6 Å². The van der Waals surface area contributed by atoms with E-state index in [0.717, 1.165) is 37.1 Å². The smallest absolute Gasteiger partial charge is 0.250 e. The topological polar surface area (TPSA) is 111 Å². The molecule has 0 spiro atoms. The minimum Gasteiger partial charge on any atom is -0.495 e. The zero-order chi connectivity index (χ0) is 23.4. The van der Waals surface area contributed by atoms with Crippen molar-refractivity contribution in [3.8, 4) is 5.75 Å². The number of nitrogens with zero attached hydrogens (tertiary/aromatic N) is 3. The van der Waals surface area contributed by atoms with Gasteiger partial charge < -0.3 is 9.47 Å². The number of morpholine rings is 1. The van der Waals surface area contributed by atoms with Crippen molar-refractivity contribution in [1.82, 2.24) is 14.3 Å². The van der Waals surface area contributed by atoms with Gasteiger partial charge in [0.1, 0.15) is 10.6 Å². The molecule has 1 aliphatic carbocycles. The summed E-state index contributed by atoms with van der Waals surface area (Å²) in [6, 6.07) is 4.79. The summed E-state index contributed by atoms with van der Waals surface area (Å²) in [5, 5.41) is 2.71.